The van der Waals surface area contributed by atoms with E-state index in [0.717, 1.165) is 17.1 Å². The molecule has 0 fully saturated rings. The number of thiazole rings is 1. The summed E-state index contributed by atoms with van der Waals surface area (Å²) in [6, 6.07) is 6.35. The van der Waals surface area contributed by atoms with Crippen LogP contribution in [0.4, 0.5) is 4.39 Å². The topological polar surface area (TPSA) is 73.1 Å². The standard InChI is InChI=1S/C16H18FN5S.HI/c1-11-22-14(10-23-11)5-6-20-16(19-2)21-9-13-4-3-12(8-18)7-15(13)17;/h3-4,7,10H,5-6,9H2,1-2H3,(H2,19,20,21);1H. The lowest BCUT2D eigenvalue weighted by Gasteiger charge is -2.12. The first-order valence-electron chi connectivity index (χ1n) is 7.16. The average molecular weight is 459 g/mol. The van der Waals surface area contributed by atoms with Crippen LogP contribution in [0, 0.1) is 24.1 Å². The summed E-state index contributed by atoms with van der Waals surface area (Å²) in [7, 11) is 1.66. The van der Waals surface area contributed by atoms with E-state index in [4.69, 9.17) is 5.26 Å². The molecule has 1 heterocycles. The fourth-order valence-corrected chi connectivity index (χ4v) is 2.64. The van der Waals surface area contributed by atoms with Crippen LogP contribution in [0.3, 0.4) is 0 Å². The number of halogens is 2. The minimum Gasteiger partial charge on any atom is -0.356 e. The Kier molecular flexibility index (Phi) is 8.63. The minimum absolute atomic E-state index is 0. The zero-order valence-electron chi connectivity index (χ0n) is 13.5. The van der Waals surface area contributed by atoms with E-state index in [1.165, 1.54) is 6.07 Å². The number of benzene rings is 1. The summed E-state index contributed by atoms with van der Waals surface area (Å²) in [5.74, 6) is 0.200. The smallest absolute Gasteiger partial charge is 0.191 e. The maximum Gasteiger partial charge on any atom is 0.191 e. The average Bonchev–Trinajstić information content (AvgIpc) is 2.97. The zero-order chi connectivity index (χ0) is 16.7. The third-order valence-corrected chi connectivity index (χ3v) is 4.01. The number of aliphatic imine (C=N–C) groups is 1. The molecule has 24 heavy (non-hydrogen) atoms. The third kappa shape index (κ3) is 6.05. The number of nitrogens with one attached hydrogen (secondary N) is 2. The molecule has 8 heteroatoms. The molecule has 0 aliphatic carbocycles. The highest BCUT2D eigenvalue weighted by Crippen LogP contribution is 2.10. The van der Waals surface area contributed by atoms with Crippen molar-refractivity contribution in [1.29, 1.82) is 5.26 Å². The van der Waals surface area contributed by atoms with Gasteiger partial charge in [-0.15, -0.1) is 35.3 Å². The van der Waals surface area contributed by atoms with Gasteiger partial charge in [0.1, 0.15) is 5.82 Å². The molecule has 0 bridgehead atoms. The lowest BCUT2D eigenvalue weighted by molar-refractivity contribution is 0.604. The Bertz CT molecular complexity index is 738. The van der Waals surface area contributed by atoms with E-state index in [2.05, 4.69) is 20.6 Å². The molecule has 1 aromatic carbocycles. The van der Waals surface area contributed by atoms with Gasteiger partial charge < -0.3 is 10.6 Å². The van der Waals surface area contributed by atoms with Crippen molar-refractivity contribution >= 4 is 41.3 Å². The van der Waals surface area contributed by atoms with Crippen LogP contribution < -0.4 is 10.6 Å². The van der Waals surface area contributed by atoms with Crippen molar-refractivity contribution in [1.82, 2.24) is 15.6 Å². The van der Waals surface area contributed by atoms with Gasteiger partial charge in [0, 0.05) is 37.5 Å². The van der Waals surface area contributed by atoms with Crippen molar-refractivity contribution < 1.29 is 4.39 Å². The lowest BCUT2D eigenvalue weighted by atomic mass is 10.1. The van der Waals surface area contributed by atoms with Crippen LogP contribution in [0.1, 0.15) is 21.8 Å². The maximum atomic E-state index is 13.8. The second-order valence-electron chi connectivity index (χ2n) is 4.88. The molecule has 5 nitrogen and oxygen atoms in total. The van der Waals surface area contributed by atoms with E-state index >= 15 is 0 Å². The Morgan fingerprint density at radius 2 is 2.21 bits per heavy atom. The number of hydrogen-bond donors (Lipinski definition) is 2. The summed E-state index contributed by atoms with van der Waals surface area (Å²) >= 11 is 1.63. The number of rotatable bonds is 5. The first-order chi connectivity index (χ1) is 11.1. The summed E-state index contributed by atoms with van der Waals surface area (Å²) in [4.78, 5) is 8.50. The fourth-order valence-electron chi connectivity index (χ4n) is 1.99. The Hall–Kier alpha value is -1.73. The first-order valence-corrected chi connectivity index (χ1v) is 8.04. The molecule has 1 aromatic heterocycles. The zero-order valence-corrected chi connectivity index (χ0v) is 16.6. The first kappa shape index (κ1) is 20.3. The molecule has 0 saturated heterocycles. The van der Waals surface area contributed by atoms with Crippen LogP contribution in [0.25, 0.3) is 0 Å². The number of nitriles is 1. The van der Waals surface area contributed by atoms with Crippen molar-refractivity contribution in [3.63, 3.8) is 0 Å². The van der Waals surface area contributed by atoms with Crippen LogP contribution in [0.5, 0.6) is 0 Å². The van der Waals surface area contributed by atoms with Gasteiger partial charge in [0.15, 0.2) is 5.96 Å². The second-order valence-corrected chi connectivity index (χ2v) is 5.94. The van der Waals surface area contributed by atoms with Crippen molar-refractivity contribution in [3.05, 3.63) is 51.2 Å². The van der Waals surface area contributed by atoms with Gasteiger partial charge in [-0.2, -0.15) is 5.26 Å². The molecule has 0 unspecified atom stereocenters. The molecular weight excluding hydrogens is 440 g/mol. The highest BCUT2D eigenvalue weighted by atomic mass is 127. The van der Waals surface area contributed by atoms with Crippen molar-refractivity contribution in [2.75, 3.05) is 13.6 Å². The number of aromatic nitrogens is 1. The largest absolute Gasteiger partial charge is 0.356 e. The Morgan fingerprint density at radius 1 is 1.42 bits per heavy atom. The number of nitrogens with zero attached hydrogens (tertiary/aromatic N) is 3. The number of guanidine groups is 1. The Morgan fingerprint density at radius 3 is 2.79 bits per heavy atom. The van der Waals surface area contributed by atoms with Gasteiger partial charge in [-0.3, -0.25) is 4.99 Å². The van der Waals surface area contributed by atoms with Crippen LogP contribution in [0.15, 0.2) is 28.6 Å². The van der Waals surface area contributed by atoms with E-state index in [1.807, 2.05) is 18.4 Å². The van der Waals surface area contributed by atoms with Gasteiger partial charge in [0.05, 0.1) is 22.3 Å². The molecular formula is C16H19FIN5S. The maximum absolute atomic E-state index is 13.8. The predicted octanol–water partition coefficient (Wildman–Crippen LogP) is 2.99. The van der Waals surface area contributed by atoms with Crippen LogP contribution in [-0.2, 0) is 13.0 Å². The number of aryl methyl sites for hydroxylation is 1. The lowest BCUT2D eigenvalue weighted by Crippen LogP contribution is -2.38. The van der Waals surface area contributed by atoms with Crippen molar-refractivity contribution in [2.45, 2.75) is 19.9 Å². The fraction of sp³-hybridized carbons (Fsp3) is 0.312. The van der Waals surface area contributed by atoms with Gasteiger partial charge in [-0.1, -0.05) is 6.07 Å². The molecule has 0 spiro atoms. The summed E-state index contributed by atoms with van der Waals surface area (Å²) in [6.45, 7) is 2.97. The van der Waals surface area contributed by atoms with Crippen LogP contribution in [0.2, 0.25) is 0 Å². The highest BCUT2D eigenvalue weighted by molar-refractivity contribution is 14.0. The van der Waals surface area contributed by atoms with Crippen molar-refractivity contribution in [3.8, 4) is 6.07 Å². The Balaban J connectivity index is 0.00000288. The molecule has 0 radical (unpaired) electrons. The van der Waals surface area contributed by atoms with Crippen LogP contribution >= 0.6 is 35.3 Å². The second kappa shape index (κ2) is 10.2. The summed E-state index contributed by atoms with van der Waals surface area (Å²) < 4.78 is 13.8. The molecule has 0 aliphatic heterocycles. The molecule has 0 saturated carbocycles. The summed E-state index contributed by atoms with van der Waals surface area (Å²) in [5.41, 5.74) is 1.85. The molecule has 128 valence electrons. The quantitative estimate of drug-likeness (QED) is 0.410. The third-order valence-electron chi connectivity index (χ3n) is 3.19. The molecule has 2 rings (SSSR count). The normalized spacial score (nSPS) is 10.7. The van der Waals surface area contributed by atoms with Crippen molar-refractivity contribution in [2.24, 2.45) is 4.99 Å². The molecule has 0 amide bonds. The van der Waals surface area contributed by atoms with Crippen LogP contribution in [-0.4, -0.2) is 24.5 Å². The Labute approximate surface area is 162 Å². The monoisotopic (exact) mass is 459 g/mol. The summed E-state index contributed by atoms with van der Waals surface area (Å²) in [5, 5.41) is 18.1. The van der Waals surface area contributed by atoms with E-state index in [0.29, 0.717) is 30.2 Å². The minimum atomic E-state index is -0.398. The van der Waals surface area contributed by atoms with E-state index in [1.54, 1.807) is 30.5 Å². The highest BCUT2D eigenvalue weighted by Gasteiger charge is 2.05. The van der Waals surface area contributed by atoms with Gasteiger partial charge in [-0.05, 0) is 19.1 Å². The molecule has 2 aromatic rings. The van der Waals surface area contributed by atoms with E-state index < -0.39 is 5.82 Å². The van der Waals surface area contributed by atoms with Gasteiger partial charge in [0.25, 0.3) is 0 Å². The molecule has 2 N–H and O–H groups in total. The predicted molar refractivity (Wildman–Crippen MR) is 105 cm³/mol. The molecule has 0 aliphatic rings. The molecule has 0 atom stereocenters. The van der Waals surface area contributed by atoms with E-state index in [9.17, 15) is 4.39 Å². The summed E-state index contributed by atoms with van der Waals surface area (Å²) in [6.07, 6.45) is 0.802. The van der Waals surface area contributed by atoms with Gasteiger partial charge in [-0.25, -0.2) is 9.37 Å². The number of hydrogen-bond acceptors (Lipinski definition) is 4. The SMILES string of the molecule is CN=C(NCCc1csc(C)n1)NCc1ccc(C#N)cc1F.I. The van der Waals surface area contributed by atoms with E-state index in [-0.39, 0.29) is 24.0 Å². The van der Waals surface area contributed by atoms with Gasteiger partial charge in [0.2, 0.25) is 0 Å². The van der Waals surface area contributed by atoms with Gasteiger partial charge >= 0.3 is 0 Å².